The van der Waals surface area contributed by atoms with E-state index in [2.05, 4.69) is 15.4 Å². The monoisotopic (exact) mass is 362 g/mol. The first kappa shape index (κ1) is 16.7. The minimum absolute atomic E-state index is 0.136. The van der Waals surface area contributed by atoms with Gasteiger partial charge in [-0.1, -0.05) is 12.1 Å². The first-order chi connectivity index (χ1) is 13.1. The van der Waals surface area contributed by atoms with E-state index in [1.165, 1.54) is 13.0 Å². The van der Waals surface area contributed by atoms with Crippen molar-refractivity contribution >= 4 is 17.2 Å². The van der Waals surface area contributed by atoms with Crippen LogP contribution in [0.25, 0.3) is 16.6 Å². The molecule has 1 N–H and O–H groups in total. The normalized spacial score (nSPS) is 10.7. The maximum absolute atomic E-state index is 14.0. The SMILES string of the molecule is CC(=O)Nc1ccc(-c2ccn3nccc(Oc4ccccc4F)c23)cn1. The molecule has 0 saturated heterocycles. The van der Waals surface area contributed by atoms with Gasteiger partial charge in [-0.15, -0.1) is 0 Å². The van der Waals surface area contributed by atoms with Crippen molar-refractivity contribution in [3.8, 4) is 22.6 Å². The van der Waals surface area contributed by atoms with Crippen LogP contribution in [-0.2, 0) is 4.79 Å². The van der Waals surface area contributed by atoms with Gasteiger partial charge in [0, 0.05) is 36.5 Å². The molecule has 1 aromatic carbocycles. The van der Waals surface area contributed by atoms with Crippen molar-refractivity contribution in [2.24, 2.45) is 0 Å². The molecule has 0 aliphatic carbocycles. The molecule has 0 saturated carbocycles. The van der Waals surface area contributed by atoms with Gasteiger partial charge in [-0.2, -0.15) is 5.10 Å². The highest BCUT2D eigenvalue weighted by Crippen LogP contribution is 2.34. The molecule has 0 spiro atoms. The van der Waals surface area contributed by atoms with E-state index in [9.17, 15) is 9.18 Å². The van der Waals surface area contributed by atoms with Crippen LogP contribution in [0.15, 0.2) is 67.1 Å². The number of hydrogen-bond donors (Lipinski definition) is 1. The Morgan fingerprint density at radius 1 is 1.11 bits per heavy atom. The number of carbonyl (C=O) groups excluding carboxylic acids is 1. The van der Waals surface area contributed by atoms with E-state index in [4.69, 9.17) is 4.74 Å². The number of rotatable bonds is 4. The van der Waals surface area contributed by atoms with Crippen LogP contribution in [0.1, 0.15) is 6.92 Å². The van der Waals surface area contributed by atoms with Crippen LogP contribution in [0.5, 0.6) is 11.5 Å². The van der Waals surface area contributed by atoms with Crippen molar-refractivity contribution in [2.75, 3.05) is 5.32 Å². The minimum atomic E-state index is -0.443. The van der Waals surface area contributed by atoms with E-state index >= 15 is 0 Å². The van der Waals surface area contributed by atoms with Gasteiger partial charge in [-0.3, -0.25) is 4.79 Å². The Bertz CT molecular complexity index is 1120. The molecule has 0 radical (unpaired) electrons. The molecule has 3 aromatic heterocycles. The van der Waals surface area contributed by atoms with Crippen molar-refractivity contribution in [2.45, 2.75) is 6.92 Å². The summed E-state index contributed by atoms with van der Waals surface area (Å²) in [5.74, 6) is 0.449. The third-order valence-corrected chi connectivity index (χ3v) is 3.95. The van der Waals surface area contributed by atoms with Crippen LogP contribution in [0.3, 0.4) is 0 Å². The van der Waals surface area contributed by atoms with E-state index < -0.39 is 5.82 Å². The lowest BCUT2D eigenvalue weighted by molar-refractivity contribution is -0.114. The maximum Gasteiger partial charge on any atom is 0.222 e. The Morgan fingerprint density at radius 3 is 2.70 bits per heavy atom. The fourth-order valence-corrected chi connectivity index (χ4v) is 2.78. The number of amides is 1. The van der Waals surface area contributed by atoms with Crippen LogP contribution in [0.2, 0.25) is 0 Å². The molecule has 0 bridgehead atoms. The van der Waals surface area contributed by atoms with Gasteiger partial charge in [0.25, 0.3) is 0 Å². The first-order valence-corrected chi connectivity index (χ1v) is 8.24. The molecule has 4 rings (SSSR count). The van der Waals surface area contributed by atoms with E-state index in [1.54, 1.807) is 53.4 Å². The van der Waals surface area contributed by atoms with Gasteiger partial charge in [0.1, 0.15) is 11.3 Å². The van der Waals surface area contributed by atoms with Crippen molar-refractivity contribution in [3.05, 3.63) is 72.9 Å². The zero-order valence-corrected chi connectivity index (χ0v) is 14.4. The summed E-state index contributed by atoms with van der Waals surface area (Å²) >= 11 is 0. The lowest BCUT2D eigenvalue weighted by Gasteiger charge is -2.10. The van der Waals surface area contributed by atoms with Crippen LogP contribution in [0.4, 0.5) is 10.2 Å². The minimum Gasteiger partial charge on any atom is -0.452 e. The number of nitrogens with one attached hydrogen (secondary N) is 1. The number of fused-ring (bicyclic) bond motifs is 1. The summed E-state index contributed by atoms with van der Waals surface area (Å²) in [5, 5.41) is 6.91. The number of para-hydroxylation sites is 1. The molecule has 134 valence electrons. The quantitative estimate of drug-likeness (QED) is 0.588. The number of aromatic nitrogens is 3. The van der Waals surface area contributed by atoms with Crippen LogP contribution >= 0.6 is 0 Å². The van der Waals surface area contributed by atoms with Crippen LogP contribution in [0, 0.1) is 5.82 Å². The Labute approximate surface area is 154 Å². The molecule has 0 fully saturated rings. The predicted octanol–water partition coefficient (Wildman–Crippen LogP) is 4.29. The summed E-state index contributed by atoms with van der Waals surface area (Å²) in [6.07, 6.45) is 5.03. The molecule has 6 nitrogen and oxygen atoms in total. The largest absolute Gasteiger partial charge is 0.452 e. The van der Waals surface area contributed by atoms with E-state index in [0.29, 0.717) is 17.1 Å². The molecular formula is C20H15FN4O2. The summed E-state index contributed by atoms with van der Waals surface area (Å²) in [4.78, 5) is 15.4. The Kier molecular flexibility index (Phi) is 4.25. The summed E-state index contributed by atoms with van der Waals surface area (Å²) in [6, 6.07) is 13.4. The highest BCUT2D eigenvalue weighted by Gasteiger charge is 2.14. The van der Waals surface area contributed by atoms with Crippen molar-refractivity contribution in [3.63, 3.8) is 0 Å². The number of pyridine rings is 1. The topological polar surface area (TPSA) is 68.5 Å². The molecule has 0 aliphatic heterocycles. The first-order valence-electron chi connectivity index (χ1n) is 8.24. The highest BCUT2D eigenvalue weighted by atomic mass is 19.1. The standard InChI is InChI=1S/C20H15FN4O2/c1-13(26)24-19-7-6-14(12-22-19)15-9-11-25-20(15)18(8-10-23-25)27-17-5-3-2-4-16(17)21/h2-12H,1H3,(H,22,24,26). The zero-order valence-electron chi connectivity index (χ0n) is 14.4. The molecule has 0 unspecified atom stereocenters. The number of halogens is 1. The molecule has 3 heterocycles. The fraction of sp³-hybridized carbons (Fsp3) is 0.0500. The molecular weight excluding hydrogens is 347 g/mol. The lowest BCUT2D eigenvalue weighted by atomic mass is 10.1. The molecule has 4 aromatic rings. The van der Waals surface area contributed by atoms with E-state index in [-0.39, 0.29) is 11.7 Å². The van der Waals surface area contributed by atoms with Gasteiger partial charge < -0.3 is 10.1 Å². The maximum atomic E-state index is 14.0. The summed E-state index contributed by atoms with van der Waals surface area (Å²) in [7, 11) is 0. The van der Waals surface area contributed by atoms with Crippen LogP contribution < -0.4 is 10.1 Å². The van der Waals surface area contributed by atoms with Crippen molar-refractivity contribution in [1.29, 1.82) is 0 Å². The number of anilines is 1. The molecule has 0 atom stereocenters. The van der Waals surface area contributed by atoms with Gasteiger partial charge in [0.05, 0.1) is 6.20 Å². The highest BCUT2D eigenvalue weighted by molar-refractivity contribution is 5.89. The van der Waals surface area contributed by atoms with E-state index in [1.807, 2.05) is 12.1 Å². The van der Waals surface area contributed by atoms with Gasteiger partial charge in [0.15, 0.2) is 17.3 Å². The summed E-state index contributed by atoms with van der Waals surface area (Å²) in [6.45, 7) is 1.43. The molecule has 1 amide bonds. The number of carbonyl (C=O) groups is 1. The van der Waals surface area contributed by atoms with Crippen LogP contribution in [-0.4, -0.2) is 20.5 Å². The third kappa shape index (κ3) is 3.35. The summed E-state index contributed by atoms with van der Waals surface area (Å²) in [5.41, 5.74) is 2.34. The number of hydrogen-bond acceptors (Lipinski definition) is 4. The Hall–Kier alpha value is -3.74. The number of benzene rings is 1. The average molecular weight is 362 g/mol. The smallest absolute Gasteiger partial charge is 0.222 e. The van der Waals surface area contributed by atoms with Gasteiger partial charge in [0.2, 0.25) is 5.91 Å². The van der Waals surface area contributed by atoms with E-state index in [0.717, 1.165) is 11.1 Å². The zero-order chi connectivity index (χ0) is 18.8. The number of ether oxygens (including phenoxy) is 1. The summed E-state index contributed by atoms with van der Waals surface area (Å²) < 4.78 is 21.4. The lowest BCUT2D eigenvalue weighted by Crippen LogP contribution is -2.06. The van der Waals surface area contributed by atoms with Crippen molar-refractivity contribution < 1.29 is 13.9 Å². The Morgan fingerprint density at radius 2 is 1.96 bits per heavy atom. The van der Waals surface area contributed by atoms with Crippen molar-refractivity contribution in [1.82, 2.24) is 14.6 Å². The second-order valence-electron chi connectivity index (χ2n) is 5.86. The molecule has 27 heavy (non-hydrogen) atoms. The second kappa shape index (κ2) is 6.87. The second-order valence-corrected chi connectivity index (χ2v) is 5.86. The average Bonchev–Trinajstić information content (AvgIpc) is 3.09. The van der Waals surface area contributed by atoms with Gasteiger partial charge in [-0.25, -0.2) is 13.9 Å². The van der Waals surface area contributed by atoms with Gasteiger partial charge in [-0.05, 0) is 30.3 Å². The Balaban J connectivity index is 1.76. The predicted molar refractivity (Wildman–Crippen MR) is 99.2 cm³/mol. The molecule has 7 heteroatoms. The molecule has 0 aliphatic rings. The van der Waals surface area contributed by atoms with Gasteiger partial charge >= 0.3 is 0 Å². The third-order valence-electron chi connectivity index (χ3n) is 3.95. The number of nitrogens with zero attached hydrogens (tertiary/aromatic N) is 3. The fourth-order valence-electron chi connectivity index (χ4n) is 2.78.